The fourth-order valence-corrected chi connectivity index (χ4v) is 2.71. The standard InChI is InChI=1S/C17H24N2O3/c1-2-22-16(20)14-8-10-15(11-9-14)19-17(21)18-12-13-6-4-3-5-7-13/h8-11,13H,2-7,12H2,1H3,(H2,18,19,21). The lowest BCUT2D eigenvalue weighted by atomic mass is 9.89. The molecule has 1 aromatic rings. The van der Waals surface area contributed by atoms with Crippen LogP contribution in [0.3, 0.4) is 0 Å². The van der Waals surface area contributed by atoms with Gasteiger partial charge in [0.05, 0.1) is 12.2 Å². The predicted molar refractivity (Wildman–Crippen MR) is 86.0 cm³/mol. The van der Waals surface area contributed by atoms with Gasteiger partial charge in [-0.05, 0) is 49.9 Å². The molecule has 1 aliphatic rings. The van der Waals surface area contributed by atoms with Gasteiger partial charge in [-0.3, -0.25) is 0 Å². The smallest absolute Gasteiger partial charge is 0.338 e. The van der Waals surface area contributed by atoms with Crippen LogP contribution in [0.1, 0.15) is 49.4 Å². The van der Waals surface area contributed by atoms with Crippen LogP contribution in [0.2, 0.25) is 0 Å². The predicted octanol–water partition coefficient (Wildman–Crippen LogP) is 3.57. The highest BCUT2D eigenvalue weighted by Gasteiger charge is 2.14. The summed E-state index contributed by atoms with van der Waals surface area (Å²) in [4.78, 5) is 23.4. The van der Waals surface area contributed by atoms with E-state index in [4.69, 9.17) is 4.74 Å². The molecule has 1 aliphatic carbocycles. The lowest BCUT2D eigenvalue weighted by molar-refractivity contribution is 0.0526. The monoisotopic (exact) mass is 304 g/mol. The third-order valence-electron chi connectivity index (χ3n) is 3.93. The zero-order valence-electron chi connectivity index (χ0n) is 13.1. The fraction of sp³-hybridized carbons (Fsp3) is 0.529. The maximum Gasteiger partial charge on any atom is 0.338 e. The van der Waals surface area contributed by atoms with Crippen molar-refractivity contribution >= 4 is 17.7 Å². The van der Waals surface area contributed by atoms with Gasteiger partial charge >= 0.3 is 12.0 Å². The number of benzene rings is 1. The van der Waals surface area contributed by atoms with Crippen molar-refractivity contribution in [1.82, 2.24) is 5.32 Å². The van der Waals surface area contributed by atoms with Crippen LogP contribution in [-0.2, 0) is 4.74 Å². The van der Waals surface area contributed by atoms with Crippen molar-refractivity contribution in [1.29, 1.82) is 0 Å². The van der Waals surface area contributed by atoms with Crippen molar-refractivity contribution in [2.45, 2.75) is 39.0 Å². The molecule has 0 aromatic heterocycles. The zero-order valence-corrected chi connectivity index (χ0v) is 13.1. The van der Waals surface area contributed by atoms with Crippen molar-refractivity contribution in [2.75, 3.05) is 18.5 Å². The second-order valence-corrected chi connectivity index (χ2v) is 5.64. The van der Waals surface area contributed by atoms with Gasteiger partial charge in [-0.2, -0.15) is 0 Å². The van der Waals surface area contributed by atoms with E-state index in [2.05, 4.69) is 10.6 Å². The summed E-state index contributed by atoms with van der Waals surface area (Å²) >= 11 is 0. The molecule has 5 heteroatoms. The minimum absolute atomic E-state index is 0.200. The summed E-state index contributed by atoms with van der Waals surface area (Å²) in [5.74, 6) is 0.251. The molecule has 2 N–H and O–H groups in total. The average molecular weight is 304 g/mol. The first kappa shape index (κ1) is 16.3. The van der Waals surface area contributed by atoms with Crippen LogP contribution in [0, 0.1) is 5.92 Å². The molecule has 2 amide bonds. The minimum Gasteiger partial charge on any atom is -0.462 e. The molecule has 0 unspecified atom stereocenters. The Labute approximate surface area is 131 Å². The average Bonchev–Trinajstić information content (AvgIpc) is 2.55. The maximum absolute atomic E-state index is 11.9. The topological polar surface area (TPSA) is 67.4 Å². The molecule has 0 radical (unpaired) electrons. The largest absolute Gasteiger partial charge is 0.462 e. The molecule has 22 heavy (non-hydrogen) atoms. The number of esters is 1. The fourth-order valence-electron chi connectivity index (χ4n) is 2.71. The van der Waals surface area contributed by atoms with Crippen molar-refractivity contribution in [3.8, 4) is 0 Å². The molecule has 0 heterocycles. The van der Waals surface area contributed by atoms with E-state index in [1.165, 1.54) is 32.1 Å². The number of urea groups is 1. The number of hydrogen-bond acceptors (Lipinski definition) is 3. The molecule has 1 fully saturated rings. The van der Waals surface area contributed by atoms with E-state index < -0.39 is 0 Å². The van der Waals surface area contributed by atoms with E-state index in [0.717, 1.165) is 6.54 Å². The van der Waals surface area contributed by atoms with E-state index in [-0.39, 0.29) is 12.0 Å². The highest BCUT2D eigenvalue weighted by atomic mass is 16.5. The first-order valence-electron chi connectivity index (χ1n) is 8.01. The SMILES string of the molecule is CCOC(=O)c1ccc(NC(=O)NCC2CCCCC2)cc1. The molecule has 0 aliphatic heterocycles. The molecule has 0 spiro atoms. The van der Waals surface area contributed by atoms with E-state index >= 15 is 0 Å². The second-order valence-electron chi connectivity index (χ2n) is 5.64. The minimum atomic E-state index is -0.351. The van der Waals surface area contributed by atoms with Crippen LogP contribution in [0.25, 0.3) is 0 Å². The lowest BCUT2D eigenvalue weighted by Crippen LogP contribution is -2.33. The van der Waals surface area contributed by atoms with Crippen molar-refractivity contribution in [2.24, 2.45) is 5.92 Å². The Hall–Kier alpha value is -2.04. The van der Waals surface area contributed by atoms with Gasteiger partial charge < -0.3 is 15.4 Å². The van der Waals surface area contributed by atoms with Gasteiger partial charge in [0.2, 0.25) is 0 Å². The van der Waals surface area contributed by atoms with Gasteiger partial charge in [0.25, 0.3) is 0 Å². The molecule has 5 nitrogen and oxygen atoms in total. The Kier molecular flexibility index (Phi) is 6.25. The van der Waals surface area contributed by atoms with Crippen LogP contribution in [0.15, 0.2) is 24.3 Å². The van der Waals surface area contributed by atoms with E-state index in [9.17, 15) is 9.59 Å². The summed E-state index contributed by atoms with van der Waals surface area (Å²) in [7, 11) is 0. The van der Waals surface area contributed by atoms with Gasteiger partial charge in [-0.15, -0.1) is 0 Å². The summed E-state index contributed by atoms with van der Waals surface area (Å²) in [6.07, 6.45) is 6.26. The quantitative estimate of drug-likeness (QED) is 0.817. The van der Waals surface area contributed by atoms with Gasteiger partial charge in [0, 0.05) is 12.2 Å². The molecule has 0 atom stereocenters. The zero-order chi connectivity index (χ0) is 15.8. The highest BCUT2D eigenvalue weighted by molar-refractivity contribution is 5.92. The molecule has 1 aromatic carbocycles. The Morgan fingerprint density at radius 2 is 1.82 bits per heavy atom. The van der Waals surface area contributed by atoms with E-state index in [0.29, 0.717) is 23.8 Å². The molecular formula is C17H24N2O3. The molecule has 2 rings (SSSR count). The van der Waals surface area contributed by atoms with Crippen molar-refractivity contribution in [3.63, 3.8) is 0 Å². The third kappa shape index (κ3) is 5.06. The van der Waals surface area contributed by atoms with Crippen LogP contribution < -0.4 is 10.6 Å². The van der Waals surface area contributed by atoms with Crippen LogP contribution in [0.4, 0.5) is 10.5 Å². The van der Waals surface area contributed by atoms with E-state index in [1.807, 2.05) is 0 Å². The van der Waals surface area contributed by atoms with Gasteiger partial charge in [-0.25, -0.2) is 9.59 Å². The highest BCUT2D eigenvalue weighted by Crippen LogP contribution is 2.22. The van der Waals surface area contributed by atoms with E-state index in [1.54, 1.807) is 31.2 Å². The lowest BCUT2D eigenvalue weighted by Gasteiger charge is -2.21. The molecule has 0 bridgehead atoms. The summed E-state index contributed by atoms with van der Waals surface area (Å²) < 4.78 is 4.92. The number of rotatable bonds is 5. The summed E-state index contributed by atoms with van der Waals surface area (Å²) in [5, 5.41) is 5.69. The molecule has 0 saturated heterocycles. The van der Waals surface area contributed by atoms with Crippen LogP contribution in [-0.4, -0.2) is 25.2 Å². The second kappa shape index (κ2) is 8.41. The van der Waals surface area contributed by atoms with Crippen LogP contribution in [0.5, 0.6) is 0 Å². The normalized spacial score (nSPS) is 15.1. The van der Waals surface area contributed by atoms with Crippen LogP contribution >= 0.6 is 0 Å². The number of carbonyl (C=O) groups excluding carboxylic acids is 2. The number of amides is 2. The van der Waals surface area contributed by atoms with Gasteiger partial charge in [-0.1, -0.05) is 19.3 Å². The number of hydrogen-bond donors (Lipinski definition) is 2. The van der Waals surface area contributed by atoms with Crippen molar-refractivity contribution < 1.29 is 14.3 Å². The maximum atomic E-state index is 11.9. The molecule has 120 valence electrons. The number of anilines is 1. The van der Waals surface area contributed by atoms with Crippen molar-refractivity contribution in [3.05, 3.63) is 29.8 Å². The van der Waals surface area contributed by atoms with Gasteiger partial charge in [0.15, 0.2) is 0 Å². The number of ether oxygens (including phenoxy) is 1. The molecule has 1 saturated carbocycles. The first-order chi connectivity index (χ1) is 10.7. The number of nitrogens with one attached hydrogen (secondary N) is 2. The summed E-state index contributed by atoms with van der Waals surface area (Å²) in [5.41, 5.74) is 1.14. The Balaban J connectivity index is 1.77. The Morgan fingerprint density at radius 3 is 2.45 bits per heavy atom. The molecular weight excluding hydrogens is 280 g/mol. The summed E-state index contributed by atoms with van der Waals surface area (Å²) in [6, 6.07) is 6.50. The Bertz CT molecular complexity index is 493. The first-order valence-corrected chi connectivity index (χ1v) is 8.01. The number of carbonyl (C=O) groups is 2. The van der Waals surface area contributed by atoms with Gasteiger partial charge in [0.1, 0.15) is 0 Å². The summed E-state index contributed by atoms with van der Waals surface area (Å²) in [6.45, 7) is 2.85. The Morgan fingerprint density at radius 1 is 1.14 bits per heavy atom. The third-order valence-corrected chi connectivity index (χ3v) is 3.93.